The number of rotatable bonds is 3. The highest BCUT2D eigenvalue weighted by molar-refractivity contribution is 7.10. The molecule has 0 aliphatic rings. The molecule has 0 spiro atoms. The third kappa shape index (κ3) is 2.57. The number of hydrogen-bond donors (Lipinski definition) is 1. The molecule has 5 heteroatoms. The quantitative estimate of drug-likeness (QED) is 0.682. The van der Waals surface area contributed by atoms with E-state index >= 15 is 0 Å². The summed E-state index contributed by atoms with van der Waals surface area (Å²) in [5.41, 5.74) is -1.17. The van der Waals surface area contributed by atoms with Crippen LogP contribution in [0.1, 0.15) is 21.0 Å². The van der Waals surface area contributed by atoms with Gasteiger partial charge in [-0.1, -0.05) is 6.07 Å². The van der Waals surface area contributed by atoms with Crippen molar-refractivity contribution >= 4 is 23.2 Å². The molecule has 0 radical (unpaired) electrons. The molecule has 2 heterocycles. The van der Waals surface area contributed by atoms with Gasteiger partial charge in [0.15, 0.2) is 5.78 Å². The summed E-state index contributed by atoms with van der Waals surface area (Å²) in [4.78, 5) is 24.2. The maximum Gasteiger partial charge on any atom is 0.351 e. The van der Waals surface area contributed by atoms with E-state index in [-0.39, 0.29) is 17.1 Å². The third-order valence-corrected chi connectivity index (χ3v) is 3.08. The van der Waals surface area contributed by atoms with Crippen molar-refractivity contribution in [2.75, 3.05) is 0 Å². The maximum absolute atomic E-state index is 11.8. The van der Waals surface area contributed by atoms with Crippen LogP contribution in [0.2, 0.25) is 0 Å². The number of aromatic hydroxyl groups is 1. The van der Waals surface area contributed by atoms with Crippen LogP contribution in [0, 0.1) is 6.92 Å². The van der Waals surface area contributed by atoms with E-state index in [0.29, 0.717) is 0 Å². The first-order valence-corrected chi connectivity index (χ1v) is 6.05. The van der Waals surface area contributed by atoms with Crippen LogP contribution in [0.3, 0.4) is 0 Å². The molecule has 0 aromatic carbocycles. The van der Waals surface area contributed by atoms with Gasteiger partial charge in [0.25, 0.3) is 0 Å². The Morgan fingerprint density at radius 1 is 1.50 bits per heavy atom. The Labute approximate surface area is 107 Å². The summed E-state index contributed by atoms with van der Waals surface area (Å²) in [5.74, 6) is -0.671. The molecule has 2 aromatic heterocycles. The van der Waals surface area contributed by atoms with Crippen molar-refractivity contribution in [3.05, 3.63) is 56.3 Å². The van der Waals surface area contributed by atoms with Gasteiger partial charge >= 0.3 is 5.63 Å². The zero-order valence-corrected chi connectivity index (χ0v) is 10.4. The number of hydrogen-bond acceptors (Lipinski definition) is 5. The number of allylic oxidation sites excluding steroid dienone is 1. The molecule has 0 amide bonds. The van der Waals surface area contributed by atoms with Gasteiger partial charge in [0.2, 0.25) is 0 Å². The molecule has 2 rings (SSSR count). The lowest BCUT2D eigenvalue weighted by Crippen LogP contribution is -2.12. The molecule has 0 saturated carbocycles. The lowest BCUT2D eigenvalue weighted by Gasteiger charge is -1.99. The van der Waals surface area contributed by atoms with Crippen molar-refractivity contribution in [2.45, 2.75) is 6.92 Å². The summed E-state index contributed by atoms with van der Waals surface area (Å²) >= 11 is 1.47. The smallest absolute Gasteiger partial charge is 0.351 e. The SMILES string of the molecule is Cc1cc(O)c(C(=O)/C=C/c2cccs2)c(=O)o1. The minimum atomic E-state index is -0.826. The fraction of sp³-hybridized carbons (Fsp3) is 0.0769. The molecular formula is C13H10O4S. The van der Waals surface area contributed by atoms with E-state index in [2.05, 4.69) is 0 Å². The Kier molecular flexibility index (Phi) is 3.43. The van der Waals surface area contributed by atoms with Crippen molar-refractivity contribution < 1.29 is 14.3 Å². The molecule has 0 aliphatic carbocycles. The van der Waals surface area contributed by atoms with Crippen LogP contribution in [0.25, 0.3) is 6.08 Å². The highest BCUT2D eigenvalue weighted by Crippen LogP contribution is 2.16. The number of carbonyl (C=O) groups is 1. The van der Waals surface area contributed by atoms with Crippen molar-refractivity contribution in [1.82, 2.24) is 0 Å². The largest absolute Gasteiger partial charge is 0.507 e. The standard InChI is InChI=1S/C13H10O4S/c1-8-7-11(15)12(13(16)17-8)10(14)5-4-9-3-2-6-18-9/h2-7,15H,1H3/b5-4+. The van der Waals surface area contributed by atoms with E-state index in [1.165, 1.54) is 30.4 Å². The summed E-state index contributed by atoms with van der Waals surface area (Å²) < 4.78 is 4.78. The number of thiophene rings is 1. The summed E-state index contributed by atoms with van der Waals surface area (Å²) in [7, 11) is 0. The van der Waals surface area contributed by atoms with E-state index in [0.717, 1.165) is 4.88 Å². The van der Waals surface area contributed by atoms with Crippen LogP contribution < -0.4 is 5.63 Å². The number of aryl methyl sites for hydroxylation is 1. The summed E-state index contributed by atoms with van der Waals surface area (Å²) in [6, 6.07) is 4.94. The molecule has 2 aromatic rings. The van der Waals surface area contributed by atoms with Gasteiger partial charge in [-0.15, -0.1) is 11.3 Å². The van der Waals surface area contributed by atoms with Gasteiger partial charge in [0, 0.05) is 10.9 Å². The summed E-state index contributed by atoms with van der Waals surface area (Å²) in [5, 5.41) is 11.5. The lowest BCUT2D eigenvalue weighted by atomic mass is 10.1. The van der Waals surface area contributed by atoms with Gasteiger partial charge in [0.05, 0.1) is 0 Å². The molecule has 0 saturated heterocycles. The molecule has 0 fully saturated rings. The minimum Gasteiger partial charge on any atom is -0.507 e. The van der Waals surface area contributed by atoms with E-state index in [1.54, 1.807) is 6.08 Å². The molecule has 0 aliphatic heterocycles. The molecule has 0 atom stereocenters. The highest BCUT2D eigenvalue weighted by atomic mass is 32.1. The first-order valence-electron chi connectivity index (χ1n) is 5.17. The van der Waals surface area contributed by atoms with Crippen LogP contribution >= 0.6 is 11.3 Å². The van der Waals surface area contributed by atoms with Crippen LogP contribution in [0.5, 0.6) is 5.75 Å². The van der Waals surface area contributed by atoms with Gasteiger partial charge in [-0.2, -0.15) is 0 Å². The van der Waals surface area contributed by atoms with Crippen molar-refractivity contribution in [3.63, 3.8) is 0 Å². The predicted octanol–water partition coefficient (Wildman–Crippen LogP) is 2.61. The zero-order valence-electron chi connectivity index (χ0n) is 9.54. The minimum absolute atomic E-state index is 0.260. The van der Waals surface area contributed by atoms with E-state index in [9.17, 15) is 14.7 Å². The normalized spacial score (nSPS) is 10.9. The highest BCUT2D eigenvalue weighted by Gasteiger charge is 2.15. The van der Waals surface area contributed by atoms with Gasteiger partial charge < -0.3 is 9.52 Å². The Hall–Kier alpha value is -2.14. The van der Waals surface area contributed by atoms with E-state index in [4.69, 9.17) is 4.42 Å². The van der Waals surface area contributed by atoms with Crippen molar-refractivity contribution in [2.24, 2.45) is 0 Å². The van der Waals surface area contributed by atoms with E-state index in [1.807, 2.05) is 17.5 Å². The summed E-state index contributed by atoms with van der Waals surface area (Å²) in [6.07, 6.45) is 2.83. The van der Waals surface area contributed by atoms with Gasteiger partial charge in [-0.25, -0.2) is 4.79 Å². The first-order chi connectivity index (χ1) is 8.58. The molecule has 92 valence electrons. The van der Waals surface area contributed by atoms with Crippen LogP contribution in [0.4, 0.5) is 0 Å². The Balaban J connectivity index is 2.33. The Bertz CT molecular complexity index is 650. The third-order valence-electron chi connectivity index (χ3n) is 2.24. The second-order valence-corrected chi connectivity index (χ2v) is 4.60. The van der Waals surface area contributed by atoms with Crippen LogP contribution in [-0.4, -0.2) is 10.9 Å². The molecule has 4 nitrogen and oxygen atoms in total. The monoisotopic (exact) mass is 262 g/mol. The average Bonchev–Trinajstić information content (AvgIpc) is 2.77. The second-order valence-electron chi connectivity index (χ2n) is 3.62. The number of carbonyl (C=O) groups excluding carboxylic acids is 1. The van der Waals surface area contributed by atoms with E-state index < -0.39 is 11.4 Å². The first kappa shape index (κ1) is 12.3. The topological polar surface area (TPSA) is 67.5 Å². The van der Waals surface area contributed by atoms with Gasteiger partial charge in [-0.05, 0) is 30.5 Å². The average molecular weight is 262 g/mol. The Morgan fingerprint density at radius 2 is 2.28 bits per heavy atom. The number of ketones is 1. The molecule has 18 heavy (non-hydrogen) atoms. The molecule has 0 unspecified atom stereocenters. The lowest BCUT2D eigenvalue weighted by molar-refractivity contribution is 0.104. The van der Waals surface area contributed by atoms with Crippen LogP contribution in [0.15, 0.2) is 38.9 Å². The fourth-order valence-electron chi connectivity index (χ4n) is 1.45. The fourth-order valence-corrected chi connectivity index (χ4v) is 2.07. The Morgan fingerprint density at radius 3 is 2.89 bits per heavy atom. The molecule has 1 N–H and O–H groups in total. The van der Waals surface area contributed by atoms with Gasteiger partial charge in [-0.3, -0.25) is 4.79 Å². The zero-order chi connectivity index (χ0) is 13.1. The molecular weight excluding hydrogens is 252 g/mol. The predicted molar refractivity (Wildman–Crippen MR) is 69.1 cm³/mol. The van der Waals surface area contributed by atoms with Gasteiger partial charge in [0.1, 0.15) is 17.1 Å². The molecule has 0 bridgehead atoms. The second kappa shape index (κ2) is 5.01. The van der Waals surface area contributed by atoms with Crippen LogP contribution in [-0.2, 0) is 0 Å². The van der Waals surface area contributed by atoms with Crippen molar-refractivity contribution in [3.8, 4) is 5.75 Å². The van der Waals surface area contributed by atoms with Crippen molar-refractivity contribution in [1.29, 1.82) is 0 Å². The summed E-state index contributed by atoms with van der Waals surface area (Å²) in [6.45, 7) is 1.52. The maximum atomic E-state index is 11.8.